The Hall–Kier alpha value is -1.36. The van der Waals surface area contributed by atoms with Gasteiger partial charge in [0, 0.05) is 18.7 Å². The molecule has 1 aliphatic heterocycles. The fourth-order valence-corrected chi connectivity index (χ4v) is 2.16. The molecule has 0 aliphatic carbocycles. The molecule has 17 heavy (non-hydrogen) atoms. The first-order valence-corrected chi connectivity index (χ1v) is 6.11. The molecular weight excluding hydrogens is 240 g/mol. The van der Waals surface area contributed by atoms with Crippen LogP contribution in [0.5, 0.6) is 0 Å². The maximum atomic E-state index is 11.4. The Morgan fingerprint density at radius 1 is 1.53 bits per heavy atom. The first-order chi connectivity index (χ1) is 8.22. The molecule has 0 radical (unpaired) electrons. The second kappa shape index (κ2) is 5.31. The highest BCUT2D eigenvalue weighted by Gasteiger charge is 2.21. The highest BCUT2D eigenvalue weighted by molar-refractivity contribution is 6.30. The zero-order chi connectivity index (χ0) is 12.3. The lowest BCUT2D eigenvalue weighted by molar-refractivity contribution is -0.120. The summed E-state index contributed by atoms with van der Waals surface area (Å²) in [7, 11) is 0. The number of carbonyl (C=O) groups excluding carboxylic acids is 1. The average molecular weight is 255 g/mol. The number of hydrogen-bond donors (Lipinski definition) is 1. The molecule has 6 heteroatoms. The van der Waals surface area contributed by atoms with Crippen LogP contribution in [0, 0.1) is 0 Å². The topological polar surface area (TPSA) is 58.1 Å². The van der Waals surface area contributed by atoms with Crippen molar-refractivity contribution in [3.63, 3.8) is 0 Å². The Bertz CT molecular complexity index is 424. The van der Waals surface area contributed by atoms with Crippen molar-refractivity contribution >= 4 is 23.3 Å². The first-order valence-electron chi connectivity index (χ1n) is 5.73. The zero-order valence-electron chi connectivity index (χ0n) is 9.74. The monoisotopic (exact) mass is 254 g/mol. The van der Waals surface area contributed by atoms with E-state index >= 15 is 0 Å². The summed E-state index contributed by atoms with van der Waals surface area (Å²) < 4.78 is 0. The van der Waals surface area contributed by atoms with E-state index in [1.807, 2.05) is 4.90 Å². The van der Waals surface area contributed by atoms with Crippen molar-refractivity contribution in [1.82, 2.24) is 15.3 Å². The molecule has 0 spiro atoms. The number of amides is 1. The second-order valence-electron chi connectivity index (χ2n) is 3.99. The Morgan fingerprint density at radius 2 is 2.35 bits per heavy atom. The maximum absolute atomic E-state index is 11.4. The number of aromatic nitrogens is 2. The van der Waals surface area contributed by atoms with E-state index in [-0.39, 0.29) is 5.91 Å². The molecule has 1 aromatic rings. The van der Waals surface area contributed by atoms with Crippen molar-refractivity contribution in [3.8, 4) is 0 Å². The normalized spacial score (nSPS) is 15.9. The molecule has 0 bridgehead atoms. The molecule has 0 atom stereocenters. The van der Waals surface area contributed by atoms with E-state index in [2.05, 4.69) is 22.2 Å². The van der Waals surface area contributed by atoms with E-state index in [1.54, 1.807) is 0 Å². The van der Waals surface area contributed by atoms with Crippen LogP contribution in [0.3, 0.4) is 0 Å². The molecule has 1 saturated heterocycles. The number of nitrogens with zero attached hydrogens (tertiary/aromatic N) is 3. The molecule has 5 nitrogen and oxygen atoms in total. The van der Waals surface area contributed by atoms with Gasteiger partial charge in [-0.2, -0.15) is 0 Å². The molecule has 0 unspecified atom stereocenters. The summed E-state index contributed by atoms with van der Waals surface area (Å²) in [5.74, 6) is 0.815. The van der Waals surface area contributed by atoms with Gasteiger partial charge in [-0.15, -0.1) is 0 Å². The summed E-state index contributed by atoms with van der Waals surface area (Å²) in [6.45, 7) is 3.82. The lowest BCUT2D eigenvalue weighted by atomic mass is 10.1. The van der Waals surface area contributed by atoms with E-state index in [0.717, 1.165) is 30.8 Å². The third kappa shape index (κ3) is 2.66. The van der Waals surface area contributed by atoms with E-state index < -0.39 is 0 Å². The van der Waals surface area contributed by atoms with Crippen LogP contribution in [0.25, 0.3) is 0 Å². The fraction of sp³-hybridized carbons (Fsp3) is 0.545. The van der Waals surface area contributed by atoms with Gasteiger partial charge in [-0.05, 0) is 6.42 Å². The molecule has 2 rings (SSSR count). The van der Waals surface area contributed by atoms with Crippen molar-refractivity contribution in [2.45, 2.75) is 19.8 Å². The van der Waals surface area contributed by atoms with E-state index in [1.165, 1.54) is 6.33 Å². The standard InChI is InChI=1S/C11H15ClN4O/c1-2-3-8-10(12)14-7-15-11(8)16-5-4-13-9(17)6-16/h7H,2-6H2,1H3,(H,13,17). The van der Waals surface area contributed by atoms with Gasteiger partial charge < -0.3 is 10.2 Å². The molecule has 1 aromatic heterocycles. The highest BCUT2D eigenvalue weighted by Crippen LogP contribution is 2.24. The molecule has 1 fully saturated rings. The third-order valence-corrected chi connectivity index (χ3v) is 3.03. The molecule has 1 N–H and O–H groups in total. The third-order valence-electron chi connectivity index (χ3n) is 2.71. The molecule has 0 saturated carbocycles. The number of nitrogens with one attached hydrogen (secondary N) is 1. The quantitative estimate of drug-likeness (QED) is 0.819. The molecule has 2 heterocycles. The van der Waals surface area contributed by atoms with Gasteiger partial charge in [-0.25, -0.2) is 9.97 Å². The number of halogens is 1. The predicted molar refractivity (Wildman–Crippen MR) is 66.3 cm³/mol. The van der Waals surface area contributed by atoms with Crippen molar-refractivity contribution in [2.24, 2.45) is 0 Å². The summed E-state index contributed by atoms with van der Waals surface area (Å²) in [4.78, 5) is 21.6. The van der Waals surface area contributed by atoms with Crippen LogP contribution in [-0.4, -0.2) is 35.5 Å². The first kappa shape index (κ1) is 12.1. The van der Waals surface area contributed by atoms with Crippen molar-refractivity contribution in [2.75, 3.05) is 24.5 Å². The summed E-state index contributed by atoms with van der Waals surface area (Å²) >= 11 is 6.09. The van der Waals surface area contributed by atoms with Gasteiger partial charge in [-0.3, -0.25) is 4.79 Å². The van der Waals surface area contributed by atoms with Gasteiger partial charge in [0.15, 0.2) is 0 Å². The highest BCUT2D eigenvalue weighted by atomic mass is 35.5. The minimum atomic E-state index is 0.0217. The van der Waals surface area contributed by atoms with Gasteiger partial charge in [0.1, 0.15) is 17.3 Å². The number of piperazine rings is 1. The SMILES string of the molecule is CCCc1c(Cl)ncnc1N1CCNC(=O)C1. The smallest absolute Gasteiger partial charge is 0.239 e. The molecule has 1 aliphatic rings. The number of carbonyl (C=O) groups is 1. The fourth-order valence-electron chi connectivity index (χ4n) is 1.94. The Kier molecular flexibility index (Phi) is 3.78. The number of rotatable bonds is 3. The van der Waals surface area contributed by atoms with Crippen molar-refractivity contribution < 1.29 is 4.79 Å². The van der Waals surface area contributed by atoms with Crippen LogP contribution in [0.15, 0.2) is 6.33 Å². The lowest BCUT2D eigenvalue weighted by Gasteiger charge is -2.29. The van der Waals surface area contributed by atoms with Crippen LogP contribution >= 0.6 is 11.6 Å². The van der Waals surface area contributed by atoms with Crippen LogP contribution in [0.1, 0.15) is 18.9 Å². The Morgan fingerprint density at radius 3 is 3.06 bits per heavy atom. The molecular formula is C11H15ClN4O. The average Bonchev–Trinajstić information content (AvgIpc) is 2.32. The summed E-state index contributed by atoms with van der Waals surface area (Å²) in [5.41, 5.74) is 0.936. The van der Waals surface area contributed by atoms with Crippen LogP contribution in [0.2, 0.25) is 5.15 Å². The van der Waals surface area contributed by atoms with E-state index in [9.17, 15) is 4.79 Å². The predicted octanol–water partition coefficient (Wildman–Crippen LogP) is 1.02. The van der Waals surface area contributed by atoms with Gasteiger partial charge in [0.2, 0.25) is 5.91 Å². The van der Waals surface area contributed by atoms with Gasteiger partial charge in [0.05, 0.1) is 6.54 Å². The number of anilines is 1. The van der Waals surface area contributed by atoms with Gasteiger partial charge in [-0.1, -0.05) is 24.9 Å². The molecule has 92 valence electrons. The largest absolute Gasteiger partial charge is 0.353 e. The minimum absolute atomic E-state index is 0.0217. The zero-order valence-corrected chi connectivity index (χ0v) is 10.5. The summed E-state index contributed by atoms with van der Waals surface area (Å²) in [6, 6.07) is 0. The van der Waals surface area contributed by atoms with Crippen LogP contribution < -0.4 is 10.2 Å². The van der Waals surface area contributed by atoms with E-state index in [0.29, 0.717) is 18.2 Å². The second-order valence-corrected chi connectivity index (χ2v) is 4.35. The van der Waals surface area contributed by atoms with Crippen molar-refractivity contribution in [1.29, 1.82) is 0 Å². The minimum Gasteiger partial charge on any atom is -0.353 e. The maximum Gasteiger partial charge on any atom is 0.239 e. The lowest BCUT2D eigenvalue weighted by Crippen LogP contribution is -2.48. The van der Waals surface area contributed by atoms with Crippen LogP contribution in [-0.2, 0) is 11.2 Å². The van der Waals surface area contributed by atoms with Crippen molar-refractivity contribution in [3.05, 3.63) is 17.0 Å². The number of hydrogen-bond acceptors (Lipinski definition) is 4. The van der Waals surface area contributed by atoms with Crippen LogP contribution in [0.4, 0.5) is 5.82 Å². The Balaban J connectivity index is 2.30. The molecule has 0 aromatic carbocycles. The summed E-state index contributed by atoms with van der Waals surface area (Å²) in [5, 5.41) is 3.28. The van der Waals surface area contributed by atoms with Gasteiger partial charge in [0.25, 0.3) is 0 Å². The summed E-state index contributed by atoms with van der Waals surface area (Å²) in [6.07, 6.45) is 3.25. The van der Waals surface area contributed by atoms with Gasteiger partial charge >= 0.3 is 0 Å². The van der Waals surface area contributed by atoms with E-state index in [4.69, 9.17) is 11.6 Å². The molecule has 1 amide bonds. The Labute approximate surface area is 105 Å².